The molecule has 0 aliphatic rings. The number of rotatable bonds is 3. The molecule has 0 saturated carbocycles. The number of nitrogens with zero attached hydrogens (tertiary/aromatic N) is 2. The zero-order valence-electron chi connectivity index (χ0n) is 10.5. The lowest BCUT2D eigenvalue weighted by Crippen LogP contribution is -2.39. The molecule has 19 heavy (non-hydrogen) atoms. The number of benzene rings is 1. The monoisotopic (exact) mass is 279 g/mol. The molecule has 2 aromatic rings. The van der Waals surface area contributed by atoms with Crippen LogP contribution >= 0.6 is 11.6 Å². The first-order valence-corrected chi connectivity index (χ1v) is 6.02. The maximum Gasteiger partial charge on any atom is 0.140 e. The van der Waals surface area contributed by atoms with Crippen LogP contribution < -0.4 is 5.11 Å². The summed E-state index contributed by atoms with van der Waals surface area (Å²) in [5.41, 5.74) is -0.112. The fraction of sp³-hybridized carbons (Fsp3) is 0.308. The van der Waals surface area contributed by atoms with Gasteiger partial charge in [0.2, 0.25) is 0 Å². The lowest BCUT2D eigenvalue weighted by Gasteiger charge is -2.26. The average molecular weight is 280 g/mol. The predicted octanol–water partition coefficient (Wildman–Crippen LogP) is 1.31. The number of aliphatic carboxylic acids is 1. The number of carbonyl (C=O) groups is 1. The van der Waals surface area contributed by atoms with Crippen molar-refractivity contribution >= 4 is 28.5 Å². The highest BCUT2D eigenvalue weighted by atomic mass is 35.5. The number of phenols is 1. The van der Waals surface area contributed by atoms with Crippen LogP contribution in [-0.4, -0.2) is 21.0 Å². The first-order valence-electron chi connectivity index (χ1n) is 5.65. The third-order valence-electron chi connectivity index (χ3n) is 2.97. The number of halogens is 1. The highest BCUT2D eigenvalue weighted by molar-refractivity contribution is 6.34. The van der Waals surface area contributed by atoms with Gasteiger partial charge in [-0.25, -0.2) is 9.97 Å². The van der Waals surface area contributed by atoms with Gasteiger partial charge in [0, 0.05) is 22.8 Å². The Hall–Kier alpha value is -1.88. The topological polar surface area (TPSA) is 86.1 Å². The van der Waals surface area contributed by atoms with Gasteiger partial charge in [-0.05, 0) is 18.1 Å². The molecule has 1 N–H and O–H groups in total. The molecule has 0 atom stereocenters. The van der Waals surface area contributed by atoms with Gasteiger partial charge in [-0.1, -0.05) is 25.4 Å². The standard InChI is InChI=1S/C13H13ClN2O3/c1-13(2,12(18)19)5-7-3-8-9(4-10(7)17)15-6-16-11(8)14/h3-4,6,17H,5H2,1-2H3,(H,18,19)/p-1. The molecule has 5 nitrogen and oxygen atoms in total. The van der Waals surface area contributed by atoms with Gasteiger partial charge in [-0.2, -0.15) is 0 Å². The Labute approximate surface area is 114 Å². The Balaban J connectivity index is 2.53. The molecule has 1 aromatic carbocycles. The number of carboxylic acid groups (broad SMARTS) is 1. The maximum atomic E-state index is 11.0. The van der Waals surface area contributed by atoms with Crippen LogP contribution in [0.4, 0.5) is 0 Å². The molecular formula is C13H12ClN2O3-. The molecule has 0 aliphatic heterocycles. The maximum absolute atomic E-state index is 11.0. The van der Waals surface area contributed by atoms with Crippen molar-refractivity contribution in [3.8, 4) is 5.75 Å². The number of hydrogen-bond donors (Lipinski definition) is 1. The molecule has 0 radical (unpaired) electrons. The molecule has 0 bridgehead atoms. The lowest BCUT2D eigenvalue weighted by molar-refractivity contribution is -0.317. The first kappa shape index (κ1) is 13.5. The van der Waals surface area contributed by atoms with E-state index in [9.17, 15) is 15.0 Å². The van der Waals surface area contributed by atoms with Crippen molar-refractivity contribution in [3.05, 3.63) is 29.2 Å². The van der Waals surface area contributed by atoms with Gasteiger partial charge in [0.25, 0.3) is 0 Å². The molecule has 1 heterocycles. The van der Waals surface area contributed by atoms with Gasteiger partial charge >= 0.3 is 0 Å². The molecule has 0 aliphatic carbocycles. The number of hydrogen-bond acceptors (Lipinski definition) is 5. The first-order chi connectivity index (χ1) is 8.81. The van der Waals surface area contributed by atoms with Gasteiger partial charge in [0.15, 0.2) is 0 Å². The largest absolute Gasteiger partial charge is 0.550 e. The Bertz CT molecular complexity index is 656. The highest BCUT2D eigenvalue weighted by Gasteiger charge is 2.22. The van der Waals surface area contributed by atoms with Gasteiger partial charge < -0.3 is 15.0 Å². The van der Waals surface area contributed by atoms with Crippen molar-refractivity contribution in [2.24, 2.45) is 5.41 Å². The summed E-state index contributed by atoms with van der Waals surface area (Å²) in [6.07, 6.45) is 1.43. The Morgan fingerprint density at radius 2 is 2.11 bits per heavy atom. The van der Waals surface area contributed by atoms with Crippen molar-refractivity contribution in [3.63, 3.8) is 0 Å². The number of aromatic nitrogens is 2. The molecule has 1 aromatic heterocycles. The van der Waals surface area contributed by atoms with Gasteiger partial charge in [0.05, 0.1) is 5.52 Å². The summed E-state index contributed by atoms with van der Waals surface area (Å²) in [7, 11) is 0. The summed E-state index contributed by atoms with van der Waals surface area (Å²) >= 11 is 5.95. The van der Waals surface area contributed by atoms with Crippen molar-refractivity contribution in [2.45, 2.75) is 20.3 Å². The highest BCUT2D eigenvalue weighted by Crippen LogP contribution is 2.31. The second kappa shape index (κ2) is 4.66. The van der Waals surface area contributed by atoms with Gasteiger partial charge in [-0.3, -0.25) is 0 Å². The van der Waals surface area contributed by atoms with Gasteiger partial charge in [0.1, 0.15) is 17.2 Å². The van der Waals surface area contributed by atoms with Crippen LogP contribution in [0, 0.1) is 5.41 Å². The SMILES string of the molecule is CC(C)(Cc1cc2c(Cl)ncnc2cc1O)C(=O)[O-]. The van der Waals surface area contributed by atoms with Crippen LogP contribution in [0.5, 0.6) is 5.75 Å². The number of aromatic hydroxyl groups is 1. The van der Waals surface area contributed by atoms with Crippen LogP contribution in [0.1, 0.15) is 19.4 Å². The molecular weight excluding hydrogens is 268 g/mol. The second-order valence-corrected chi connectivity index (χ2v) is 5.37. The summed E-state index contributed by atoms with van der Waals surface area (Å²) in [4.78, 5) is 18.9. The second-order valence-electron chi connectivity index (χ2n) is 5.01. The number of fused-ring (bicyclic) bond motifs is 1. The predicted molar refractivity (Wildman–Crippen MR) is 68.7 cm³/mol. The van der Waals surface area contributed by atoms with E-state index in [1.165, 1.54) is 26.2 Å². The van der Waals surface area contributed by atoms with Crippen LogP contribution in [0.3, 0.4) is 0 Å². The van der Waals surface area contributed by atoms with E-state index in [1.54, 1.807) is 6.07 Å². The average Bonchev–Trinajstić information content (AvgIpc) is 2.31. The Morgan fingerprint density at radius 3 is 2.74 bits per heavy atom. The van der Waals surface area contributed by atoms with E-state index >= 15 is 0 Å². The van der Waals surface area contributed by atoms with Crippen LogP contribution in [0.25, 0.3) is 10.9 Å². The minimum atomic E-state index is -1.18. The number of carbonyl (C=O) groups excluding carboxylic acids is 1. The molecule has 0 spiro atoms. The van der Waals surface area contributed by atoms with Crippen molar-refractivity contribution < 1.29 is 15.0 Å². The fourth-order valence-corrected chi connectivity index (χ4v) is 1.99. The molecule has 0 saturated heterocycles. The zero-order valence-corrected chi connectivity index (χ0v) is 11.2. The quantitative estimate of drug-likeness (QED) is 0.856. The number of carboxylic acids is 1. The normalized spacial score (nSPS) is 11.7. The van der Waals surface area contributed by atoms with E-state index in [4.69, 9.17) is 11.6 Å². The molecule has 100 valence electrons. The molecule has 2 rings (SSSR count). The molecule has 6 heteroatoms. The fourth-order valence-electron chi connectivity index (χ4n) is 1.80. The minimum Gasteiger partial charge on any atom is -0.550 e. The summed E-state index contributed by atoms with van der Waals surface area (Å²) in [6.45, 7) is 3.07. The Morgan fingerprint density at radius 1 is 1.42 bits per heavy atom. The number of phenolic OH excluding ortho intramolecular Hbond substituents is 1. The lowest BCUT2D eigenvalue weighted by atomic mass is 9.85. The van der Waals surface area contributed by atoms with Crippen LogP contribution in [-0.2, 0) is 11.2 Å². The van der Waals surface area contributed by atoms with Crippen molar-refractivity contribution in [2.75, 3.05) is 0 Å². The zero-order chi connectivity index (χ0) is 14.2. The van der Waals surface area contributed by atoms with Crippen LogP contribution in [0.15, 0.2) is 18.5 Å². The van der Waals surface area contributed by atoms with E-state index in [-0.39, 0.29) is 17.3 Å². The van der Waals surface area contributed by atoms with E-state index in [2.05, 4.69) is 9.97 Å². The van der Waals surface area contributed by atoms with Crippen LogP contribution in [0.2, 0.25) is 5.15 Å². The molecule has 0 fully saturated rings. The van der Waals surface area contributed by atoms with E-state index in [0.717, 1.165) is 0 Å². The molecule has 0 amide bonds. The summed E-state index contributed by atoms with van der Waals surface area (Å²) < 4.78 is 0. The minimum absolute atomic E-state index is 0.0170. The Kier molecular flexibility index (Phi) is 3.32. The summed E-state index contributed by atoms with van der Waals surface area (Å²) in [5, 5.41) is 21.8. The van der Waals surface area contributed by atoms with E-state index in [0.29, 0.717) is 16.5 Å². The van der Waals surface area contributed by atoms with Gasteiger partial charge in [-0.15, -0.1) is 0 Å². The molecule has 0 unspecified atom stereocenters. The van der Waals surface area contributed by atoms with E-state index in [1.807, 2.05) is 0 Å². The van der Waals surface area contributed by atoms with Crippen molar-refractivity contribution in [1.82, 2.24) is 9.97 Å². The smallest absolute Gasteiger partial charge is 0.140 e. The third-order valence-corrected chi connectivity index (χ3v) is 3.27. The van der Waals surface area contributed by atoms with E-state index < -0.39 is 11.4 Å². The third kappa shape index (κ3) is 2.61. The van der Waals surface area contributed by atoms with Crippen molar-refractivity contribution in [1.29, 1.82) is 0 Å². The summed E-state index contributed by atoms with van der Waals surface area (Å²) in [5.74, 6) is -1.20. The summed E-state index contributed by atoms with van der Waals surface area (Å²) in [6, 6.07) is 3.06.